The zero-order valence-electron chi connectivity index (χ0n) is 15.9. The van der Waals surface area contributed by atoms with Gasteiger partial charge in [-0.1, -0.05) is 60.7 Å². The van der Waals surface area contributed by atoms with Crippen molar-refractivity contribution < 1.29 is 14.3 Å². The van der Waals surface area contributed by atoms with Crippen LogP contribution in [0.2, 0.25) is 0 Å². The topological polar surface area (TPSA) is 86.8 Å². The molecule has 8 heteroatoms. The number of hydrogen-bond donors (Lipinski definition) is 0. The first-order valence-corrected chi connectivity index (χ1v) is 9.73. The van der Waals surface area contributed by atoms with Gasteiger partial charge in [-0.25, -0.2) is 9.59 Å². The van der Waals surface area contributed by atoms with Crippen LogP contribution in [0.25, 0.3) is 4.83 Å². The minimum Gasteiger partial charge on any atom is -0.457 e. The zero-order chi connectivity index (χ0) is 21.5. The molecule has 0 atom stereocenters. The van der Waals surface area contributed by atoms with Crippen molar-refractivity contribution in [3.63, 3.8) is 0 Å². The SMILES string of the molecule is C=O.O=C(OCc1ccccc1)c1cn2c(=O)n(Cc3ccccc3)c(=O)cc2s1. The van der Waals surface area contributed by atoms with Gasteiger partial charge in [0.1, 0.15) is 23.1 Å². The van der Waals surface area contributed by atoms with Crippen molar-refractivity contribution in [3.8, 4) is 0 Å². The Morgan fingerprint density at radius 1 is 0.933 bits per heavy atom. The van der Waals surface area contributed by atoms with Crippen molar-refractivity contribution in [1.82, 2.24) is 8.97 Å². The lowest BCUT2D eigenvalue weighted by molar-refractivity contribution is -0.0980. The minimum absolute atomic E-state index is 0.142. The van der Waals surface area contributed by atoms with E-state index in [0.29, 0.717) is 4.83 Å². The molecule has 0 unspecified atom stereocenters. The normalized spacial score (nSPS) is 10.3. The predicted octanol–water partition coefficient (Wildman–Crippen LogP) is 2.74. The van der Waals surface area contributed by atoms with Crippen molar-refractivity contribution in [2.75, 3.05) is 0 Å². The number of benzene rings is 2. The van der Waals surface area contributed by atoms with Gasteiger partial charge in [-0.3, -0.25) is 13.8 Å². The van der Waals surface area contributed by atoms with Crippen molar-refractivity contribution in [2.45, 2.75) is 13.2 Å². The number of carbonyl (C=O) groups is 2. The van der Waals surface area contributed by atoms with Crippen molar-refractivity contribution in [1.29, 1.82) is 0 Å². The standard InChI is InChI=1S/C21H16N2O4S.CH2O/c24-18-11-19-23(21(26)22(18)12-15-7-3-1-4-8-15)13-17(28-19)20(25)27-14-16-9-5-2-6-10-16;1-2/h1-11,13H,12,14H2;1H2. The highest BCUT2D eigenvalue weighted by molar-refractivity contribution is 7.19. The van der Waals surface area contributed by atoms with Gasteiger partial charge in [0.15, 0.2) is 0 Å². The minimum atomic E-state index is -0.529. The van der Waals surface area contributed by atoms with E-state index in [1.165, 1.54) is 16.7 Å². The van der Waals surface area contributed by atoms with E-state index in [0.717, 1.165) is 27.0 Å². The molecule has 30 heavy (non-hydrogen) atoms. The summed E-state index contributed by atoms with van der Waals surface area (Å²) in [6.45, 7) is 2.31. The molecule has 7 nitrogen and oxygen atoms in total. The summed E-state index contributed by atoms with van der Waals surface area (Å²) in [5, 5.41) is 0. The molecule has 0 radical (unpaired) electrons. The van der Waals surface area contributed by atoms with Crippen LogP contribution in [0.4, 0.5) is 0 Å². The Hall–Kier alpha value is -3.78. The van der Waals surface area contributed by atoms with Gasteiger partial charge in [-0.15, -0.1) is 11.3 Å². The molecule has 0 N–H and O–H groups in total. The van der Waals surface area contributed by atoms with Crippen LogP contribution >= 0.6 is 11.3 Å². The first kappa shape index (κ1) is 20.9. The van der Waals surface area contributed by atoms with E-state index >= 15 is 0 Å². The molecule has 2 heterocycles. The first-order chi connectivity index (χ1) is 14.6. The number of nitrogens with zero attached hydrogens (tertiary/aromatic N) is 2. The molecule has 2 aromatic carbocycles. The fraction of sp³-hybridized carbons (Fsp3) is 0.0909. The fourth-order valence-electron chi connectivity index (χ4n) is 2.83. The highest BCUT2D eigenvalue weighted by Crippen LogP contribution is 2.17. The van der Waals surface area contributed by atoms with Crippen LogP contribution in [-0.4, -0.2) is 21.7 Å². The molecule has 4 rings (SSSR count). The van der Waals surface area contributed by atoms with E-state index < -0.39 is 17.2 Å². The lowest BCUT2D eigenvalue weighted by atomic mass is 10.2. The second-order valence-corrected chi connectivity index (χ2v) is 7.26. The van der Waals surface area contributed by atoms with Crippen molar-refractivity contribution >= 4 is 28.9 Å². The molecule has 0 bridgehead atoms. The summed E-state index contributed by atoms with van der Waals surface area (Å²) in [5.41, 5.74) is 0.834. The molecule has 152 valence electrons. The molecule has 0 aliphatic rings. The van der Waals surface area contributed by atoms with E-state index in [2.05, 4.69) is 0 Å². The van der Waals surface area contributed by atoms with E-state index in [1.54, 1.807) is 0 Å². The number of aromatic nitrogens is 2. The van der Waals surface area contributed by atoms with Crippen LogP contribution in [-0.2, 0) is 22.7 Å². The lowest BCUT2D eigenvalue weighted by Gasteiger charge is -2.05. The van der Waals surface area contributed by atoms with Gasteiger partial charge in [-0.05, 0) is 11.1 Å². The maximum Gasteiger partial charge on any atom is 0.350 e. The van der Waals surface area contributed by atoms with E-state index in [9.17, 15) is 14.4 Å². The maximum absolute atomic E-state index is 12.7. The van der Waals surface area contributed by atoms with Crippen LogP contribution in [0.15, 0.2) is 82.5 Å². The van der Waals surface area contributed by atoms with Crippen LogP contribution in [0, 0.1) is 0 Å². The third kappa shape index (κ3) is 4.61. The van der Waals surface area contributed by atoms with Gasteiger partial charge in [0.2, 0.25) is 0 Å². The molecule has 0 aliphatic carbocycles. The van der Waals surface area contributed by atoms with Gasteiger partial charge >= 0.3 is 11.7 Å². The van der Waals surface area contributed by atoms with E-state index in [-0.39, 0.29) is 18.0 Å². The quantitative estimate of drug-likeness (QED) is 0.462. The highest BCUT2D eigenvalue weighted by atomic mass is 32.1. The Bertz CT molecular complexity index is 1260. The smallest absolute Gasteiger partial charge is 0.350 e. The lowest BCUT2D eigenvalue weighted by Crippen LogP contribution is -2.36. The van der Waals surface area contributed by atoms with Crippen molar-refractivity contribution in [3.05, 3.63) is 110 Å². The van der Waals surface area contributed by atoms with E-state index in [4.69, 9.17) is 9.53 Å². The number of carbonyl (C=O) groups excluding carboxylic acids is 2. The molecule has 4 aromatic rings. The fourth-order valence-corrected chi connectivity index (χ4v) is 3.74. The Morgan fingerprint density at radius 2 is 1.53 bits per heavy atom. The summed E-state index contributed by atoms with van der Waals surface area (Å²) in [6, 6.07) is 20.0. The maximum atomic E-state index is 12.7. The third-order valence-electron chi connectivity index (χ3n) is 4.25. The van der Waals surface area contributed by atoms with Gasteiger partial charge in [0.25, 0.3) is 5.56 Å². The molecule has 0 amide bonds. The van der Waals surface area contributed by atoms with Crippen LogP contribution in [0.1, 0.15) is 20.8 Å². The van der Waals surface area contributed by atoms with Crippen LogP contribution < -0.4 is 11.2 Å². The highest BCUT2D eigenvalue weighted by Gasteiger charge is 2.15. The zero-order valence-corrected chi connectivity index (χ0v) is 16.7. The predicted molar refractivity (Wildman–Crippen MR) is 114 cm³/mol. The summed E-state index contributed by atoms with van der Waals surface area (Å²) < 4.78 is 7.77. The molecular formula is C22H18N2O5S. The van der Waals surface area contributed by atoms with Gasteiger partial charge in [-0.2, -0.15) is 0 Å². The second-order valence-electron chi connectivity index (χ2n) is 6.20. The number of thiazole rings is 1. The van der Waals surface area contributed by atoms with E-state index in [1.807, 2.05) is 67.5 Å². The Kier molecular flexibility index (Phi) is 6.71. The van der Waals surface area contributed by atoms with Crippen LogP contribution in [0.3, 0.4) is 0 Å². The average Bonchev–Trinajstić information content (AvgIpc) is 3.22. The third-order valence-corrected chi connectivity index (χ3v) is 5.26. The van der Waals surface area contributed by atoms with Crippen LogP contribution in [0.5, 0.6) is 0 Å². The van der Waals surface area contributed by atoms with Gasteiger partial charge in [0, 0.05) is 12.3 Å². The molecular weight excluding hydrogens is 404 g/mol. The van der Waals surface area contributed by atoms with Gasteiger partial charge < -0.3 is 9.53 Å². The average molecular weight is 422 g/mol. The number of ether oxygens (including phenoxy) is 1. The summed E-state index contributed by atoms with van der Waals surface area (Å²) in [6.07, 6.45) is 1.43. The molecule has 0 fully saturated rings. The Labute approximate surface area is 175 Å². The summed E-state index contributed by atoms with van der Waals surface area (Å²) in [7, 11) is 0. The molecule has 0 aliphatic heterocycles. The van der Waals surface area contributed by atoms with Crippen molar-refractivity contribution in [2.24, 2.45) is 0 Å². The number of fused-ring (bicyclic) bond motifs is 1. The second kappa shape index (κ2) is 9.62. The number of rotatable bonds is 5. The Balaban J connectivity index is 0.00000124. The Morgan fingerprint density at radius 3 is 2.17 bits per heavy atom. The van der Waals surface area contributed by atoms with Gasteiger partial charge in [0.05, 0.1) is 6.54 Å². The molecule has 0 saturated carbocycles. The summed E-state index contributed by atoms with van der Waals surface area (Å²) >= 11 is 1.06. The molecule has 2 aromatic heterocycles. The number of hydrogen-bond acceptors (Lipinski definition) is 6. The molecule has 0 saturated heterocycles. The largest absolute Gasteiger partial charge is 0.457 e. The first-order valence-electron chi connectivity index (χ1n) is 8.92. The monoisotopic (exact) mass is 422 g/mol. The molecule has 0 spiro atoms. The number of esters is 1. The summed E-state index contributed by atoms with van der Waals surface area (Å²) in [4.78, 5) is 46.2. The summed E-state index contributed by atoms with van der Waals surface area (Å²) in [5.74, 6) is -0.529.